The zero-order valence-corrected chi connectivity index (χ0v) is 15.4. The summed E-state index contributed by atoms with van der Waals surface area (Å²) in [5.41, 5.74) is 1.99. The summed E-state index contributed by atoms with van der Waals surface area (Å²) in [6.07, 6.45) is 0. The summed E-state index contributed by atoms with van der Waals surface area (Å²) in [6, 6.07) is 19.4. The van der Waals surface area contributed by atoms with Crippen LogP contribution in [0.1, 0.15) is 5.56 Å². The van der Waals surface area contributed by atoms with Crippen molar-refractivity contribution in [2.24, 2.45) is 0 Å². The van der Waals surface area contributed by atoms with Crippen molar-refractivity contribution < 1.29 is 0 Å². The van der Waals surface area contributed by atoms with E-state index in [9.17, 15) is 4.79 Å². The number of nitrogens with one attached hydrogen (secondary N) is 1. The summed E-state index contributed by atoms with van der Waals surface area (Å²) in [7, 11) is 0. The topological polar surface area (TPSA) is 37.8 Å². The molecule has 1 N–H and O–H groups in total. The Morgan fingerprint density at radius 3 is 2.52 bits per heavy atom. The second kappa shape index (κ2) is 6.59. The van der Waals surface area contributed by atoms with Crippen LogP contribution in [-0.4, -0.2) is 9.55 Å². The predicted molar refractivity (Wildman–Crippen MR) is 107 cm³/mol. The lowest BCUT2D eigenvalue weighted by atomic mass is 10.2. The van der Waals surface area contributed by atoms with Crippen LogP contribution in [0.25, 0.3) is 20.7 Å². The molecular weight excluding hydrogens is 372 g/mol. The van der Waals surface area contributed by atoms with E-state index in [2.05, 4.69) is 4.98 Å². The highest BCUT2D eigenvalue weighted by atomic mass is 35.5. The monoisotopic (exact) mass is 384 g/mol. The lowest BCUT2D eigenvalue weighted by Gasteiger charge is -2.06. The molecule has 0 bridgehead atoms. The number of aromatic nitrogens is 2. The lowest BCUT2D eigenvalue weighted by Crippen LogP contribution is -2.22. The minimum absolute atomic E-state index is 0.0767. The van der Waals surface area contributed by atoms with Gasteiger partial charge >= 0.3 is 0 Å². The Balaban J connectivity index is 1.82. The van der Waals surface area contributed by atoms with E-state index in [1.165, 1.54) is 0 Å². The molecule has 0 aliphatic heterocycles. The number of nitrogens with zero attached hydrogens (tertiary/aromatic N) is 1. The quantitative estimate of drug-likeness (QED) is 0.474. The highest BCUT2D eigenvalue weighted by Crippen LogP contribution is 2.30. The third kappa shape index (κ3) is 3.18. The molecule has 2 aromatic heterocycles. The molecule has 0 radical (unpaired) electrons. The molecule has 0 amide bonds. The van der Waals surface area contributed by atoms with Gasteiger partial charge in [0.25, 0.3) is 5.56 Å². The molecule has 124 valence electrons. The van der Waals surface area contributed by atoms with Crippen molar-refractivity contribution in [2.45, 2.75) is 6.54 Å². The average molecular weight is 385 g/mol. The summed E-state index contributed by atoms with van der Waals surface area (Å²) in [5.74, 6) is 0. The van der Waals surface area contributed by atoms with E-state index >= 15 is 0 Å². The summed E-state index contributed by atoms with van der Waals surface area (Å²) < 4.78 is 2.01. The number of fused-ring (bicyclic) bond motifs is 1. The number of hydrogen-bond donors (Lipinski definition) is 1. The van der Waals surface area contributed by atoms with Crippen molar-refractivity contribution in [3.8, 4) is 10.4 Å². The molecule has 0 spiro atoms. The van der Waals surface area contributed by atoms with Crippen LogP contribution < -0.4 is 5.56 Å². The number of benzene rings is 2. The van der Waals surface area contributed by atoms with Crippen LogP contribution in [0.3, 0.4) is 0 Å². The average Bonchev–Trinajstić information content (AvgIpc) is 3.05. The zero-order chi connectivity index (χ0) is 17.4. The lowest BCUT2D eigenvalue weighted by molar-refractivity contribution is 0.735. The fourth-order valence-electron chi connectivity index (χ4n) is 2.71. The van der Waals surface area contributed by atoms with Crippen LogP contribution in [0.15, 0.2) is 65.5 Å². The Kier molecular flexibility index (Phi) is 4.29. The molecule has 0 saturated heterocycles. The Labute approximate surface area is 158 Å². The van der Waals surface area contributed by atoms with Crippen LogP contribution in [0, 0.1) is 4.77 Å². The highest BCUT2D eigenvalue weighted by Gasteiger charge is 2.11. The molecule has 2 aromatic carbocycles. The first-order valence-corrected chi connectivity index (χ1v) is 9.28. The van der Waals surface area contributed by atoms with Gasteiger partial charge in [0, 0.05) is 9.90 Å². The predicted octanol–water partition coefficient (Wildman–Crippen LogP) is 5.49. The van der Waals surface area contributed by atoms with Crippen LogP contribution in [0.2, 0.25) is 5.02 Å². The molecule has 0 unspecified atom stereocenters. The Morgan fingerprint density at radius 2 is 1.80 bits per heavy atom. The van der Waals surface area contributed by atoms with Gasteiger partial charge in [-0.2, -0.15) is 0 Å². The summed E-state index contributed by atoms with van der Waals surface area (Å²) >= 11 is 12.9. The van der Waals surface area contributed by atoms with Crippen molar-refractivity contribution in [2.75, 3.05) is 0 Å². The van der Waals surface area contributed by atoms with Gasteiger partial charge in [-0.3, -0.25) is 9.36 Å². The molecule has 0 aliphatic rings. The first-order valence-electron chi connectivity index (χ1n) is 7.68. The van der Waals surface area contributed by atoms with Crippen LogP contribution >= 0.6 is 35.2 Å². The van der Waals surface area contributed by atoms with Crippen molar-refractivity contribution in [3.05, 3.63) is 86.4 Å². The van der Waals surface area contributed by atoms with Gasteiger partial charge in [0.15, 0.2) is 4.77 Å². The molecule has 0 fully saturated rings. The standard InChI is InChI=1S/C19H13ClN2OS2/c20-14-8-6-12(7-9-14)11-22-18(23)15-10-16(13-4-2-1-3-5-13)25-17(15)21-19(22)24/h1-10H,11H2,(H,21,24). The molecule has 4 aromatic rings. The van der Waals surface area contributed by atoms with Crippen molar-refractivity contribution in [3.63, 3.8) is 0 Å². The summed E-state index contributed by atoms with van der Waals surface area (Å²) in [4.78, 5) is 18.0. The van der Waals surface area contributed by atoms with Gasteiger partial charge < -0.3 is 4.98 Å². The van der Waals surface area contributed by atoms with Gasteiger partial charge in [0.2, 0.25) is 0 Å². The van der Waals surface area contributed by atoms with Gasteiger partial charge in [0.05, 0.1) is 11.9 Å². The van der Waals surface area contributed by atoms with E-state index in [0.717, 1.165) is 20.8 Å². The number of thiophene rings is 1. The molecule has 0 saturated carbocycles. The normalized spacial score (nSPS) is 11.1. The van der Waals surface area contributed by atoms with E-state index in [4.69, 9.17) is 23.8 Å². The van der Waals surface area contributed by atoms with E-state index in [1.54, 1.807) is 15.9 Å². The zero-order valence-electron chi connectivity index (χ0n) is 13.0. The molecule has 3 nitrogen and oxygen atoms in total. The number of H-pyrrole nitrogens is 1. The number of aromatic amines is 1. The minimum Gasteiger partial charge on any atom is -0.323 e. The third-order valence-corrected chi connectivity index (χ3v) is 5.66. The molecule has 0 aliphatic carbocycles. The molecule has 0 atom stereocenters. The van der Waals surface area contributed by atoms with Gasteiger partial charge in [-0.1, -0.05) is 54.1 Å². The number of hydrogen-bond acceptors (Lipinski definition) is 3. The molecule has 6 heteroatoms. The van der Waals surface area contributed by atoms with Crippen LogP contribution in [0.5, 0.6) is 0 Å². The number of halogens is 1. The van der Waals surface area contributed by atoms with Crippen LogP contribution in [0.4, 0.5) is 0 Å². The smallest absolute Gasteiger partial charge is 0.263 e. The van der Waals surface area contributed by atoms with Gasteiger partial charge in [-0.15, -0.1) is 11.3 Å². The Morgan fingerprint density at radius 1 is 1.08 bits per heavy atom. The second-order valence-electron chi connectivity index (χ2n) is 5.67. The summed E-state index contributed by atoms with van der Waals surface area (Å²) in [6.45, 7) is 0.414. The maximum Gasteiger partial charge on any atom is 0.263 e. The van der Waals surface area contributed by atoms with Crippen molar-refractivity contribution in [1.29, 1.82) is 0 Å². The largest absolute Gasteiger partial charge is 0.323 e. The van der Waals surface area contributed by atoms with E-state index in [-0.39, 0.29) is 5.56 Å². The van der Waals surface area contributed by atoms with Gasteiger partial charge in [-0.05, 0) is 41.5 Å². The molecular formula is C19H13ClN2OS2. The minimum atomic E-state index is -0.0767. The van der Waals surface area contributed by atoms with E-state index in [1.807, 2.05) is 60.7 Å². The second-order valence-corrected chi connectivity index (χ2v) is 7.54. The van der Waals surface area contributed by atoms with Crippen LogP contribution in [-0.2, 0) is 6.54 Å². The van der Waals surface area contributed by atoms with Gasteiger partial charge in [-0.25, -0.2) is 0 Å². The first kappa shape index (κ1) is 16.3. The Hall–Kier alpha value is -2.21. The molecule has 25 heavy (non-hydrogen) atoms. The fraction of sp³-hybridized carbons (Fsp3) is 0.0526. The highest BCUT2D eigenvalue weighted by molar-refractivity contribution is 7.71. The first-order chi connectivity index (χ1) is 12.1. The van der Waals surface area contributed by atoms with Gasteiger partial charge in [0.1, 0.15) is 4.83 Å². The Bertz CT molecular complexity index is 1160. The fourth-order valence-corrected chi connectivity index (χ4v) is 4.20. The SMILES string of the molecule is O=c1c2cc(-c3ccccc3)sc2[nH]c(=S)n1Cc1ccc(Cl)cc1. The molecule has 2 heterocycles. The maximum absolute atomic E-state index is 12.9. The van der Waals surface area contributed by atoms with Crippen molar-refractivity contribution >= 4 is 45.4 Å². The molecule has 4 rings (SSSR count). The summed E-state index contributed by atoms with van der Waals surface area (Å²) in [5, 5.41) is 1.33. The van der Waals surface area contributed by atoms with Crippen molar-refractivity contribution in [1.82, 2.24) is 9.55 Å². The maximum atomic E-state index is 12.9. The van der Waals surface area contributed by atoms with E-state index < -0.39 is 0 Å². The third-order valence-electron chi connectivity index (χ3n) is 3.99. The van der Waals surface area contributed by atoms with E-state index in [0.29, 0.717) is 21.7 Å². The number of rotatable bonds is 3.